The predicted molar refractivity (Wildman–Crippen MR) is 179 cm³/mol. The van der Waals surface area contributed by atoms with E-state index in [9.17, 15) is 0 Å². The van der Waals surface area contributed by atoms with Crippen LogP contribution in [0.5, 0.6) is 0 Å². The quantitative estimate of drug-likeness (QED) is 0.213. The molecule has 8 aromatic rings. The Hall–Kier alpha value is -5.54. The zero-order chi connectivity index (χ0) is 28.1. The Balaban J connectivity index is 1.29. The number of nitrogens with zero attached hydrogens (tertiary/aromatic N) is 2. The normalized spacial score (nSPS) is 17.5. The molecule has 0 fully saturated rings. The van der Waals surface area contributed by atoms with Crippen LogP contribution in [-0.2, 0) is 0 Å². The molecule has 1 aliphatic carbocycles. The van der Waals surface area contributed by atoms with Gasteiger partial charge in [0.15, 0.2) is 0 Å². The summed E-state index contributed by atoms with van der Waals surface area (Å²) in [5.74, 6) is 0.233. The lowest BCUT2D eigenvalue weighted by Crippen LogP contribution is -2.28. The highest BCUT2D eigenvalue weighted by atomic mass is 16.3. The molecule has 6 aromatic carbocycles. The lowest BCUT2D eigenvalue weighted by atomic mass is 9.90. The molecule has 0 N–H and O–H groups in total. The number of hydrogen-bond donors (Lipinski definition) is 0. The lowest BCUT2D eigenvalue weighted by molar-refractivity contribution is 0.669. The largest absolute Gasteiger partial charge is 0.456 e. The SMILES string of the molecule is C1=CC2c3c(ccc4c5ccccc5n(-c5ccc6oc7ccccc7c6c5)c34)N(c3ccc4ccccc4c3)C2C=C1. The van der Waals surface area contributed by atoms with Crippen molar-refractivity contribution in [1.82, 2.24) is 4.57 Å². The van der Waals surface area contributed by atoms with Crippen LogP contribution in [0.1, 0.15) is 11.5 Å². The zero-order valence-corrected chi connectivity index (χ0v) is 23.3. The number of anilines is 2. The zero-order valence-electron chi connectivity index (χ0n) is 23.3. The van der Waals surface area contributed by atoms with Gasteiger partial charge in [0.05, 0.1) is 17.1 Å². The van der Waals surface area contributed by atoms with E-state index < -0.39 is 0 Å². The number of benzene rings is 6. The minimum Gasteiger partial charge on any atom is -0.456 e. The molecule has 3 heteroatoms. The van der Waals surface area contributed by atoms with Crippen molar-refractivity contribution >= 4 is 65.9 Å². The minimum absolute atomic E-state index is 0.207. The molecular formula is C40H26N2O. The van der Waals surface area contributed by atoms with Gasteiger partial charge in [-0.25, -0.2) is 0 Å². The third-order valence-electron chi connectivity index (χ3n) is 9.48. The van der Waals surface area contributed by atoms with E-state index in [1.165, 1.54) is 49.5 Å². The standard InChI is InChI=1S/C40H26N2O/c1-2-10-26-23-27(18-17-25(26)9-1)41-35-15-7-4-13-32(35)39-36(41)21-20-31-29-11-3-6-14-34(29)42(40(31)39)28-19-22-38-33(24-28)30-12-5-8-16-37(30)43-38/h1-24,32,35H. The van der Waals surface area contributed by atoms with Crippen LogP contribution in [0.15, 0.2) is 150 Å². The van der Waals surface area contributed by atoms with Gasteiger partial charge < -0.3 is 13.9 Å². The lowest BCUT2D eigenvalue weighted by Gasteiger charge is -2.28. The summed E-state index contributed by atoms with van der Waals surface area (Å²) in [5, 5.41) is 7.37. The van der Waals surface area contributed by atoms with E-state index in [0.29, 0.717) is 0 Å². The molecule has 0 saturated carbocycles. The molecule has 0 saturated heterocycles. The van der Waals surface area contributed by atoms with E-state index in [1.807, 2.05) is 12.1 Å². The molecule has 0 amide bonds. The first-order valence-electron chi connectivity index (χ1n) is 14.9. The predicted octanol–water partition coefficient (Wildman–Crippen LogP) is 10.6. The Morgan fingerprint density at radius 1 is 0.535 bits per heavy atom. The second kappa shape index (κ2) is 8.50. The van der Waals surface area contributed by atoms with Gasteiger partial charge in [-0.3, -0.25) is 0 Å². The molecule has 2 aromatic heterocycles. The highest BCUT2D eigenvalue weighted by molar-refractivity contribution is 6.13. The third-order valence-corrected chi connectivity index (χ3v) is 9.48. The molecular weight excluding hydrogens is 524 g/mol. The summed E-state index contributed by atoms with van der Waals surface area (Å²) in [6.45, 7) is 0. The summed E-state index contributed by atoms with van der Waals surface area (Å²) in [6.07, 6.45) is 9.16. The molecule has 2 unspecified atom stereocenters. The van der Waals surface area contributed by atoms with Crippen molar-refractivity contribution in [3.63, 3.8) is 0 Å². The number of para-hydroxylation sites is 2. The van der Waals surface area contributed by atoms with Gasteiger partial charge in [0.25, 0.3) is 0 Å². The maximum absolute atomic E-state index is 6.21. The van der Waals surface area contributed by atoms with Gasteiger partial charge in [0.1, 0.15) is 11.2 Å². The number of rotatable bonds is 2. The van der Waals surface area contributed by atoms with Crippen molar-refractivity contribution in [3.8, 4) is 5.69 Å². The smallest absolute Gasteiger partial charge is 0.135 e. The van der Waals surface area contributed by atoms with Crippen LogP contribution in [0.3, 0.4) is 0 Å². The minimum atomic E-state index is 0.207. The van der Waals surface area contributed by atoms with Gasteiger partial charge >= 0.3 is 0 Å². The van der Waals surface area contributed by atoms with Crippen molar-refractivity contribution in [3.05, 3.63) is 151 Å². The maximum Gasteiger partial charge on any atom is 0.135 e. The van der Waals surface area contributed by atoms with Crippen LogP contribution >= 0.6 is 0 Å². The van der Waals surface area contributed by atoms with Crippen molar-refractivity contribution in [2.24, 2.45) is 0 Å². The molecule has 43 heavy (non-hydrogen) atoms. The van der Waals surface area contributed by atoms with Gasteiger partial charge in [0.2, 0.25) is 0 Å². The van der Waals surface area contributed by atoms with Crippen LogP contribution in [0, 0.1) is 0 Å². The Morgan fingerprint density at radius 3 is 2.26 bits per heavy atom. The van der Waals surface area contributed by atoms with Gasteiger partial charge in [-0.1, -0.05) is 97.1 Å². The summed E-state index contributed by atoms with van der Waals surface area (Å²) >= 11 is 0. The second-order valence-electron chi connectivity index (χ2n) is 11.7. The summed E-state index contributed by atoms with van der Waals surface area (Å²) in [6, 6.07) is 44.1. The molecule has 3 heterocycles. The third kappa shape index (κ3) is 3.14. The Labute approximate surface area is 248 Å². The van der Waals surface area contributed by atoms with Gasteiger partial charge in [-0.15, -0.1) is 0 Å². The first kappa shape index (κ1) is 23.1. The number of hydrogen-bond acceptors (Lipinski definition) is 2. The molecule has 2 aliphatic rings. The fraction of sp³-hybridized carbons (Fsp3) is 0.0500. The number of allylic oxidation sites excluding steroid dienone is 2. The first-order valence-corrected chi connectivity index (χ1v) is 14.9. The number of aromatic nitrogens is 1. The molecule has 2 atom stereocenters. The Bertz CT molecular complexity index is 2490. The van der Waals surface area contributed by atoms with Crippen LogP contribution in [-0.4, -0.2) is 10.6 Å². The Kier molecular flexibility index (Phi) is 4.56. The monoisotopic (exact) mass is 550 g/mol. The summed E-state index contributed by atoms with van der Waals surface area (Å²) in [4.78, 5) is 2.54. The van der Waals surface area contributed by atoms with Gasteiger partial charge in [-0.2, -0.15) is 0 Å². The second-order valence-corrected chi connectivity index (χ2v) is 11.7. The van der Waals surface area contributed by atoms with Crippen molar-refractivity contribution < 1.29 is 4.42 Å². The van der Waals surface area contributed by atoms with E-state index >= 15 is 0 Å². The van der Waals surface area contributed by atoms with E-state index in [1.54, 1.807) is 0 Å². The van der Waals surface area contributed by atoms with Crippen molar-refractivity contribution in [2.75, 3.05) is 4.90 Å². The average Bonchev–Trinajstić information content (AvgIpc) is 3.72. The van der Waals surface area contributed by atoms with Crippen molar-refractivity contribution in [1.29, 1.82) is 0 Å². The fourth-order valence-corrected chi connectivity index (χ4v) is 7.64. The Morgan fingerprint density at radius 2 is 1.30 bits per heavy atom. The van der Waals surface area contributed by atoms with Crippen LogP contribution in [0.4, 0.5) is 11.4 Å². The van der Waals surface area contributed by atoms with Crippen LogP contribution in [0.25, 0.3) is 60.2 Å². The molecule has 0 spiro atoms. The molecule has 10 rings (SSSR count). The van der Waals surface area contributed by atoms with E-state index in [4.69, 9.17) is 4.42 Å². The van der Waals surface area contributed by atoms with E-state index in [-0.39, 0.29) is 12.0 Å². The van der Waals surface area contributed by atoms with Gasteiger partial charge in [0, 0.05) is 50.1 Å². The molecule has 0 bridgehead atoms. The average molecular weight is 551 g/mol. The highest BCUT2D eigenvalue weighted by Gasteiger charge is 2.40. The topological polar surface area (TPSA) is 21.3 Å². The maximum atomic E-state index is 6.21. The summed E-state index contributed by atoms with van der Waals surface area (Å²) < 4.78 is 8.69. The molecule has 1 aliphatic heterocycles. The summed E-state index contributed by atoms with van der Waals surface area (Å²) in [7, 11) is 0. The number of furan rings is 1. The highest BCUT2D eigenvalue weighted by Crippen LogP contribution is 2.52. The van der Waals surface area contributed by atoms with Crippen LogP contribution < -0.4 is 4.90 Å². The first-order chi connectivity index (χ1) is 21.3. The molecule has 3 nitrogen and oxygen atoms in total. The van der Waals surface area contributed by atoms with E-state index in [0.717, 1.165) is 27.6 Å². The number of fused-ring (bicyclic) bond motifs is 11. The van der Waals surface area contributed by atoms with E-state index in [2.05, 4.69) is 143 Å². The molecule has 202 valence electrons. The summed E-state index contributed by atoms with van der Waals surface area (Å²) in [5.41, 5.74) is 9.36. The molecule has 0 radical (unpaired) electrons. The van der Waals surface area contributed by atoms with Crippen molar-refractivity contribution in [2.45, 2.75) is 12.0 Å². The fourth-order valence-electron chi connectivity index (χ4n) is 7.64. The van der Waals surface area contributed by atoms with Gasteiger partial charge in [-0.05, 0) is 59.3 Å². The van der Waals surface area contributed by atoms with Crippen LogP contribution in [0.2, 0.25) is 0 Å².